The monoisotopic (exact) mass is 510 g/mol. The smallest absolute Gasteiger partial charge is 0.322 e. The van der Waals surface area contributed by atoms with E-state index < -0.39 is 0 Å². The van der Waals surface area contributed by atoms with Crippen LogP contribution in [-0.2, 0) is 17.8 Å². The normalized spacial score (nSPS) is 10.9. The average Bonchev–Trinajstić information content (AvgIpc) is 3.35. The Morgan fingerprint density at radius 2 is 1.63 bits per heavy atom. The molecule has 0 fully saturated rings. The molecule has 0 saturated carbocycles. The Labute approximate surface area is 225 Å². The SMILES string of the molecule is CCCCN(CC(=O)N(CCc1c[nH]c2ccccc12)Cc1ccccc1)C(=O)Nc1cccc(C)c1C. The number of urea groups is 1. The fraction of sp³-hybridized carbons (Fsp3) is 0.312. The van der Waals surface area contributed by atoms with Crippen molar-refractivity contribution in [1.82, 2.24) is 14.8 Å². The van der Waals surface area contributed by atoms with Crippen LogP contribution < -0.4 is 5.32 Å². The molecule has 0 aliphatic rings. The van der Waals surface area contributed by atoms with Gasteiger partial charge in [-0.25, -0.2) is 4.79 Å². The van der Waals surface area contributed by atoms with E-state index in [1.807, 2.05) is 85.6 Å². The summed E-state index contributed by atoms with van der Waals surface area (Å²) in [7, 11) is 0. The third-order valence-corrected chi connectivity index (χ3v) is 7.14. The number of hydrogen-bond acceptors (Lipinski definition) is 2. The molecule has 1 aromatic heterocycles. The number of carbonyl (C=O) groups excluding carboxylic acids is 2. The number of para-hydroxylation sites is 1. The molecular weight excluding hydrogens is 472 g/mol. The lowest BCUT2D eigenvalue weighted by molar-refractivity contribution is -0.132. The van der Waals surface area contributed by atoms with E-state index >= 15 is 0 Å². The summed E-state index contributed by atoms with van der Waals surface area (Å²) in [5.41, 5.74) is 6.28. The second kappa shape index (κ2) is 13.0. The first-order chi connectivity index (χ1) is 18.5. The summed E-state index contributed by atoms with van der Waals surface area (Å²) in [5, 5.41) is 4.22. The number of H-pyrrole nitrogens is 1. The van der Waals surface area contributed by atoms with Crippen molar-refractivity contribution < 1.29 is 9.59 Å². The molecular formula is C32H38N4O2. The van der Waals surface area contributed by atoms with Crippen LogP contribution in [0.3, 0.4) is 0 Å². The van der Waals surface area contributed by atoms with Crippen LogP contribution in [0.25, 0.3) is 10.9 Å². The summed E-state index contributed by atoms with van der Waals surface area (Å²) in [6, 6.07) is 23.9. The van der Waals surface area contributed by atoms with E-state index in [-0.39, 0.29) is 18.5 Å². The Morgan fingerprint density at radius 3 is 2.42 bits per heavy atom. The lowest BCUT2D eigenvalue weighted by Gasteiger charge is -2.28. The lowest BCUT2D eigenvalue weighted by atomic mass is 10.1. The van der Waals surface area contributed by atoms with Gasteiger partial charge in [-0.3, -0.25) is 4.79 Å². The predicted octanol–water partition coefficient (Wildman–Crippen LogP) is 6.69. The number of aromatic amines is 1. The first-order valence-corrected chi connectivity index (χ1v) is 13.4. The summed E-state index contributed by atoms with van der Waals surface area (Å²) in [5.74, 6) is -0.0547. The maximum absolute atomic E-state index is 13.7. The molecule has 0 saturated heterocycles. The van der Waals surface area contributed by atoms with E-state index in [1.54, 1.807) is 4.90 Å². The molecule has 0 spiro atoms. The Balaban J connectivity index is 1.51. The molecule has 2 N–H and O–H groups in total. The number of fused-ring (bicyclic) bond motifs is 1. The van der Waals surface area contributed by atoms with Gasteiger partial charge in [0.2, 0.25) is 5.91 Å². The number of aryl methyl sites for hydroxylation is 1. The minimum Gasteiger partial charge on any atom is -0.361 e. The molecule has 6 nitrogen and oxygen atoms in total. The number of nitrogens with one attached hydrogen (secondary N) is 2. The summed E-state index contributed by atoms with van der Waals surface area (Å²) in [4.78, 5) is 33.9. The highest BCUT2D eigenvalue weighted by Gasteiger charge is 2.22. The molecule has 0 aliphatic heterocycles. The number of benzene rings is 3. The van der Waals surface area contributed by atoms with E-state index in [4.69, 9.17) is 0 Å². The Hall–Kier alpha value is -4.06. The zero-order valence-corrected chi connectivity index (χ0v) is 22.7. The molecule has 0 unspecified atom stereocenters. The lowest BCUT2D eigenvalue weighted by Crippen LogP contribution is -2.45. The third-order valence-electron chi connectivity index (χ3n) is 7.14. The molecule has 6 heteroatoms. The van der Waals surface area contributed by atoms with Crippen molar-refractivity contribution in [1.29, 1.82) is 0 Å². The van der Waals surface area contributed by atoms with Gasteiger partial charge in [-0.1, -0.05) is 74.0 Å². The number of nitrogens with zero attached hydrogens (tertiary/aromatic N) is 2. The van der Waals surface area contributed by atoms with Crippen LogP contribution in [0.15, 0.2) is 79.0 Å². The van der Waals surface area contributed by atoms with Gasteiger partial charge in [-0.05, 0) is 61.1 Å². The summed E-state index contributed by atoms with van der Waals surface area (Å²) in [6.45, 7) is 7.75. The highest BCUT2D eigenvalue weighted by Crippen LogP contribution is 2.20. The predicted molar refractivity (Wildman–Crippen MR) is 155 cm³/mol. The standard InChI is InChI=1S/C32H38N4O2/c1-4-5-19-36(32(38)34-29-17-11-12-24(2)25(29)3)23-31(37)35(22-26-13-7-6-8-14-26)20-18-27-21-33-30-16-10-9-15-28(27)30/h6-17,21,33H,4-5,18-20,22-23H2,1-3H3,(H,34,38). The molecule has 198 valence electrons. The van der Waals surface area contributed by atoms with Gasteiger partial charge < -0.3 is 20.1 Å². The van der Waals surface area contributed by atoms with Gasteiger partial charge in [-0.2, -0.15) is 0 Å². The average molecular weight is 511 g/mol. The quantitative estimate of drug-likeness (QED) is 0.236. The molecule has 0 atom stereocenters. The van der Waals surface area contributed by atoms with Gasteiger partial charge in [0.25, 0.3) is 0 Å². The second-order valence-electron chi connectivity index (χ2n) is 9.86. The van der Waals surface area contributed by atoms with Crippen molar-refractivity contribution in [3.8, 4) is 0 Å². The molecule has 38 heavy (non-hydrogen) atoms. The zero-order chi connectivity index (χ0) is 26.9. The molecule has 1 heterocycles. The van der Waals surface area contributed by atoms with E-state index in [9.17, 15) is 9.59 Å². The van der Waals surface area contributed by atoms with Gasteiger partial charge >= 0.3 is 6.03 Å². The minimum atomic E-state index is -0.239. The fourth-order valence-corrected chi connectivity index (χ4v) is 4.64. The van der Waals surface area contributed by atoms with Gasteiger partial charge in [0.1, 0.15) is 6.54 Å². The number of unbranched alkanes of at least 4 members (excludes halogenated alkanes) is 1. The molecule has 3 amide bonds. The van der Waals surface area contributed by atoms with Crippen LogP contribution in [0.2, 0.25) is 0 Å². The molecule has 0 aliphatic carbocycles. The molecule has 0 bridgehead atoms. The highest BCUT2D eigenvalue weighted by atomic mass is 16.2. The van der Waals surface area contributed by atoms with Gasteiger partial charge in [-0.15, -0.1) is 0 Å². The molecule has 3 aromatic carbocycles. The van der Waals surface area contributed by atoms with Crippen molar-refractivity contribution in [2.24, 2.45) is 0 Å². The van der Waals surface area contributed by atoms with Crippen LogP contribution >= 0.6 is 0 Å². The molecule has 4 rings (SSSR count). The number of carbonyl (C=O) groups is 2. The van der Waals surface area contributed by atoms with Crippen LogP contribution in [0, 0.1) is 13.8 Å². The van der Waals surface area contributed by atoms with Crippen molar-refractivity contribution in [2.45, 2.75) is 46.6 Å². The third kappa shape index (κ3) is 6.82. The maximum atomic E-state index is 13.7. The number of anilines is 1. The zero-order valence-electron chi connectivity index (χ0n) is 22.7. The summed E-state index contributed by atoms with van der Waals surface area (Å²) < 4.78 is 0. The van der Waals surface area contributed by atoms with Crippen LogP contribution in [0.5, 0.6) is 0 Å². The Bertz CT molecular complexity index is 1360. The fourth-order valence-electron chi connectivity index (χ4n) is 4.64. The van der Waals surface area contributed by atoms with Crippen molar-refractivity contribution in [2.75, 3.05) is 25.0 Å². The number of rotatable bonds is 11. The number of aromatic nitrogens is 1. The van der Waals surface area contributed by atoms with Crippen LogP contribution in [-0.4, -0.2) is 46.4 Å². The van der Waals surface area contributed by atoms with Crippen LogP contribution in [0.4, 0.5) is 10.5 Å². The largest absolute Gasteiger partial charge is 0.361 e. The Kier molecular flexibility index (Phi) is 9.20. The molecule has 4 aromatic rings. The van der Waals surface area contributed by atoms with Crippen molar-refractivity contribution >= 4 is 28.5 Å². The van der Waals surface area contributed by atoms with Crippen molar-refractivity contribution in [3.05, 3.63) is 101 Å². The van der Waals surface area contributed by atoms with Crippen molar-refractivity contribution in [3.63, 3.8) is 0 Å². The van der Waals surface area contributed by atoms with E-state index in [1.165, 1.54) is 10.9 Å². The maximum Gasteiger partial charge on any atom is 0.322 e. The molecule has 0 radical (unpaired) electrons. The van der Waals surface area contributed by atoms with Gasteiger partial charge in [0.05, 0.1) is 0 Å². The van der Waals surface area contributed by atoms with Gasteiger partial charge in [0.15, 0.2) is 0 Å². The number of hydrogen-bond donors (Lipinski definition) is 2. The topological polar surface area (TPSA) is 68.4 Å². The minimum absolute atomic E-state index is 0.0391. The van der Waals surface area contributed by atoms with E-state index in [0.29, 0.717) is 19.6 Å². The van der Waals surface area contributed by atoms with Crippen LogP contribution in [0.1, 0.15) is 42.0 Å². The number of amides is 3. The summed E-state index contributed by atoms with van der Waals surface area (Å²) >= 11 is 0. The Morgan fingerprint density at radius 1 is 0.868 bits per heavy atom. The first kappa shape index (κ1) is 27.0. The van der Waals surface area contributed by atoms with E-state index in [0.717, 1.165) is 47.2 Å². The first-order valence-electron chi connectivity index (χ1n) is 13.4. The highest BCUT2D eigenvalue weighted by molar-refractivity contribution is 5.93. The van der Waals surface area contributed by atoms with E-state index in [2.05, 4.69) is 29.4 Å². The summed E-state index contributed by atoms with van der Waals surface area (Å²) in [6.07, 6.45) is 4.53. The van der Waals surface area contributed by atoms with Gasteiger partial charge in [0, 0.05) is 42.4 Å². The second-order valence-corrected chi connectivity index (χ2v) is 9.86.